The Morgan fingerprint density at radius 3 is 2.75 bits per heavy atom. The molecule has 2 N–H and O–H groups in total. The van der Waals surface area contributed by atoms with Crippen molar-refractivity contribution in [2.24, 2.45) is 0 Å². The first-order valence-electron chi connectivity index (χ1n) is 6.91. The molecule has 5 nitrogen and oxygen atoms in total. The third-order valence-electron chi connectivity index (χ3n) is 2.80. The quantitative estimate of drug-likeness (QED) is 0.672. The molecule has 0 heterocycles. The summed E-state index contributed by atoms with van der Waals surface area (Å²) in [6.07, 6.45) is 0. The fraction of sp³-hybridized carbons (Fsp3) is 0.533. The van der Waals surface area contributed by atoms with E-state index in [2.05, 4.69) is 10.6 Å². The smallest absolute Gasteiger partial charge is 0.255 e. The second-order valence-corrected chi connectivity index (χ2v) is 4.51. The molecule has 0 aromatic heterocycles. The molecule has 1 amide bonds. The molecule has 1 aromatic carbocycles. The van der Waals surface area contributed by atoms with Gasteiger partial charge in [-0.25, -0.2) is 0 Å². The van der Waals surface area contributed by atoms with Gasteiger partial charge in [0.15, 0.2) is 0 Å². The number of ether oxygens (including phenoxy) is 2. The number of likely N-dealkylation sites (N-methyl/N-ethyl adjacent to an activating group) is 1. The molecule has 0 fully saturated rings. The minimum atomic E-state index is -0.122. The van der Waals surface area contributed by atoms with Gasteiger partial charge < -0.3 is 20.1 Å². The highest BCUT2D eigenvalue weighted by atomic mass is 16.5. The molecular weight excluding hydrogens is 256 g/mol. The highest BCUT2D eigenvalue weighted by Crippen LogP contribution is 2.17. The Labute approximate surface area is 120 Å². The van der Waals surface area contributed by atoms with Crippen molar-refractivity contribution in [1.82, 2.24) is 10.6 Å². The monoisotopic (exact) mass is 280 g/mol. The second-order valence-electron chi connectivity index (χ2n) is 4.51. The van der Waals surface area contributed by atoms with Crippen LogP contribution in [0.3, 0.4) is 0 Å². The van der Waals surface area contributed by atoms with E-state index in [0.29, 0.717) is 31.1 Å². The van der Waals surface area contributed by atoms with Crippen LogP contribution in [0.25, 0.3) is 0 Å². The van der Waals surface area contributed by atoms with Crippen molar-refractivity contribution in [2.45, 2.75) is 19.9 Å². The fourth-order valence-electron chi connectivity index (χ4n) is 1.78. The number of para-hydroxylation sites is 1. The van der Waals surface area contributed by atoms with Crippen LogP contribution in [0, 0.1) is 0 Å². The lowest BCUT2D eigenvalue weighted by molar-refractivity contribution is 0.0942. The molecule has 0 saturated heterocycles. The van der Waals surface area contributed by atoms with Crippen LogP contribution < -0.4 is 15.4 Å². The Kier molecular flexibility index (Phi) is 7.69. The van der Waals surface area contributed by atoms with Crippen molar-refractivity contribution in [1.29, 1.82) is 0 Å². The summed E-state index contributed by atoms with van der Waals surface area (Å²) in [5, 5.41) is 6.15. The van der Waals surface area contributed by atoms with Crippen molar-refractivity contribution in [2.75, 3.05) is 33.4 Å². The highest BCUT2D eigenvalue weighted by Gasteiger charge is 2.12. The Hall–Kier alpha value is -1.59. The summed E-state index contributed by atoms with van der Waals surface area (Å²) >= 11 is 0. The largest absolute Gasteiger partial charge is 0.490 e. The number of nitrogens with one attached hydrogen (secondary N) is 2. The lowest BCUT2D eigenvalue weighted by Crippen LogP contribution is -2.38. The summed E-state index contributed by atoms with van der Waals surface area (Å²) in [5.41, 5.74) is 0.548. The third-order valence-corrected chi connectivity index (χ3v) is 2.80. The average Bonchev–Trinajstić information content (AvgIpc) is 2.46. The molecular formula is C15H24N2O3. The summed E-state index contributed by atoms with van der Waals surface area (Å²) in [5.74, 6) is 0.459. The zero-order valence-corrected chi connectivity index (χ0v) is 12.4. The average molecular weight is 280 g/mol. The van der Waals surface area contributed by atoms with Gasteiger partial charge in [-0.1, -0.05) is 19.1 Å². The highest BCUT2D eigenvalue weighted by molar-refractivity contribution is 5.96. The van der Waals surface area contributed by atoms with Crippen molar-refractivity contribution in [3.05, 3.63) is 29.8 Å². The number of carbonyl (C=O) groups excluding carboxylic acids is 1. The van der Waals surface area contributed by atoms with Crippen LogP contribution in [-0.2, 0) is 4.74 Å². The molecule has 1 aromatic rings. The Morgan fingerprint density at radius 1 is 1.30 bits per heavy atom. The maximum absolute atomic E-state index is 12.2. The number of hydrogen-bond acceptors (Lipinski definition) is 4. The molecule has 1 rings (SSSR count). The van der Waals surface area contributed by atoms with Crippen molar-refractivity contribution >= 4 is 5.91 Å². The number of rotatable bonds is 9. The van der Waals surface area contributed by atoms with Crippen LogP contribution in [0.15, 0.2) is 24.3 Å². The number of carbonyl (C=O) groups is 1. The summed E-state index contributed by atoms with van der Waals surface area (Å²) in [7, 11) is 1.62. The first-order valence-corrected chi connectivity index (χ1v) is 6.91. The van der Waals surface area contributed by atoms with E-state index >= 15 is 0 Å². The number of methoxy groups -OCH3 is 1. The van der Waals surface area contributed by atoms with Gasteiger partial charge in [-0.05, 0) is 25.6 Å². The molecule has 0 bridgehead atoms. The predicted octanol–water partition coefficient (Wildman–Crippen LogP) is 1.44. The molecule has 5 heteroatoms. The molecule has 0 spiro atoms. The first kappa shape index (κ1) is 16.5. The van der Waals surface area contributed by atoms with Gasteiger partial charge in [0.1, 0.15) is 12.4 Å². The minimum Gasteiger partial charge on any atom is -0.490 e. The van der Waals surface area contributed by atoms with E-state index in [1.807, 2.05) is 26.0 Å². The van der Waals surface area contributed by atoms with E-state index < -0.39 is 0 Å². The van der Waals surface area contributed by atoms with Crippen molar-refractivity contribution in [3.8, 4) is 5.75 Å². The van der Waals surface area contributed by atoms with Gasteiger partial charge in [-0.15, -0.1) is 0 Å². The molecule has 0 aliphatic heterocycles. The molecule has 112 valence electrons. The van der Waals surface area contributed by atoms with Gasteiger partial charge in [0.05, 0.1) is 12.2 Å². The van der Waals surface area contributed by atoms with Crippen LogP contribution in [0.1, 0.15) is 24.2 Å². The zero-order chi connectivity index (χ0) is 14.8. The second kappa shape index (κ2) is 9.34. The SMILES string of the molecule is CCN[C@H](C)CNC(=O)c1ccccc1OCCOC. The van der Waals surface area contributed by atoms with Crippen LogP contribution >= 0.6 is 0 Å². The molecule has 0 aliphatic carbocycles. The van der Waals surface area contributed by atoms with E-state index in [-0.39, 0.29) is 11.9 Å². The summed E-state index contributed by atoms with van der Waals surface area (Å²) in [6, 6.07) is 7.46. The molecule has 0 aliphatic rings. The molecule has 0 saturated carbocycles. The maximum atomic E-state index is 12.2. The van der Waals surface area contributed by atoms with E-state index in [4.69, 9.17) is 9.47 Å². The van der Waals surface area contributed by atoms with E-state index in [0.717, 1.165) is 6.54 Å². The molecule has 0 radical (unpaired) electrons. The normalized spacial score (nSPS) is 11.9. The molecule has 0 unspecified atom stereocenters. The van der Waals surface area contributed by atoms with Gasteiger partial charge in [0.25, 0.3) is 5.91 Å². The summed E-state index contributed by atoms with van der Waals surface area (Å²) < 4.78 is 10.5. The number of amides is 1. The fourth-order valence-corrected chi connectivity index (χ4v) is 1.78. The summed E-state index contributed by atoms with van der Waals surface area (Å²) in [6.45, 7) is 6.46. The minimum absolute atomic E-state index is 0.122. The van der Waals surface area contributed by atoms with E-state index in [9.17, 15) is 4.79 Å². The Bertz CT molecular complexity index is 410. The number of benzene rings is 1. The lowest BCUT2D eigenvalue weighted by Gasteiger charge is -2.15. The summed E-state index contributed by atoms with van der Waals surface area (Å²) in [4.78, 5) is 12.2. The maximum Gasteiger partial charge on any atom is 0.255 e. The van der Waals surface area contributed by atoms with Crippen LogP contribution in [-0.4, -0.2) is 45.4 Å². The Morgan fingerprint density at radius 2 is 2.05 bits per heavy atom. The first-order chi connectivity index (χ1) is 9.69. The van der Waals surface area contributed by atoms with Crippen LogP contribution in [0.5, 0.6) is 5.75 Å². The van der Waals surface area contributed by atoms with Gasteiger partial charge in [0, 0.05) is 19.7 Å². The van der Waals surface area contributed by atoms with Gasteiger partial charge in [0.2, 0.25) is 0 Å². The van der Waals surface area contributed by atoms with Crippen molar-refractivity contribution in [3.63, 3.8) is 0 Å². The van der Waals surface area contributed by atoms with E-state index in [1.54, 1.807) is 19.2 Å². The van der Waals surface area contributed by atoms with Crippen LogP contribution in [0.4, 0.5) is 0 Å². The topological polar surface area (TPSA) is 59.6 Å². The number of hydrogen-bond donors (Lipinski definition) is 2. The Balaban J connectivity index is 2.58. The predicted molar refractivity (Wildman–Crippen MR) is 79.3 cm³/mol. The zero-order valence-electron chi connectivity index (χ0n) is 12.4. The van der Waals surface area contributed by atoms with Gasteiger partial charge in [-0.2, -0.15) is 0 Å². The molecule has 1 atom stereocenters. The molecule has 20 heavy (non-hydrogen) atoms. The van der Waals surface area contributed by atoms with Crippen LogP contribution in [0.2, 0.25) is 0 Å². The standard InChI is InChI=1S/C15H24N2O3/c1-4-16-12(2)11-17-15(18)13-7-5-6-8-14(13)20-10-9-19-3/h5-8,12,16H,4,9-11H2,1-3H3,(H,17,18)/t12-/m1/s1. The lowest BCUT2D eigenvalue weighted by atomic mass is 10.2. The van der Waals surface area contributed by atoms with Gasteiger partial charge in [-0.3, -0.25) is 4.79 Å². The van der Waals surface area contributed by atoms with Crippen molar-refractivity contribution < 1.29 is 14.3 Å². The third kappa shape index (κ3) is 5.59. The van der Waals surface area contributed by atoms with Gasteiger partial charge >= 0.3 is 0 Å². The van der Waals surface area contributed by atoms with E-state index in [1.165, 1.54) is 0 Å².